The second-order valence-corrected chi connectivity index (χ2v) is 9.11. The lowest BCUT2D eigenvalue weighted by Gasteiger charge is -2.24. The van der Waals surface area contributed by atoms with Gasteiger partial charge in [0.05, 0.1) is 13.2 Å². The maximum atomic E-state index is 12.7. The summed E-state index contributed by atoms with van der Waals surface area (Å²) in [5.41, 5.74) is 0.986. The number of sulfonamides is 1. The molecule has 1 aromatic carbocycles. The number of benzene rings is 1. The van der Waals surface area contributed by atoms with Crippen LogP contribution in [0.5, 0.6) is 11.5 Å². The lowest BCUT2D eigenvalue weighted by Crippen LogP contribution is -2.35. The van der Waals surface area contributed by atoms with Gasteiger partial charge in [-0.2, -0.15) is 4.31 Å². The number of amides is 1. The van der Waals surface area contributed by atoms with E-state index in [4.69, 9.17) is 13.9 Å². The van der Waals surface area contributed by atoms with E-state index in [-0.39, 0.29) is 10.9 Å². The molecule has 0 atom stereocenters. The maximum absolute atomic E-state index is 12.7. The van der Waals surface area contributed by atoms with Gasteiger partial charge in [0.2, 0.25) is 5.09 Å². The van der Waals surface area contributed by atoms with Crippen LogP contribution in [0, 0.1) is 0 Å². The molecule has 0 radical (unpaired) electrons. The second kappa shape index (κ2) is 10.7. The Hall–Kier alpha value is -2.52. The van der Waals surface area contributed by atoms with Crippen LogP contribution < -0.4 is 14.8 Å². The Labute approximate surface area is 183 Å². The summed E-state index contributed by atoms with van der Waals surface area (Å²) in [5, 5.41) is 2.58. The van der Waals surface area contributed by atoms with Crippen LogP contribution >= 0.6 is 0 Å². The molecule has 1 amide bonds. The van der Waals surface area contributed by atoms with Crippen LogP contribution in [0.1, 0.15) is 49.2 Å². The number of carbonyl (C=O) groups excluding carboxylic acids is 1. The van der Waals surface area contributed by atoms with E-state index in [0.717, 1.165) is 24.8 Å². The van der Waals surface area contributed by atoms with E-state index in [1.807, 2.05) is 32.0 Å². The van der Waals surface area contributed by atoms with Crippen molar-refractivity contribution in [3.05, 3.63) is 41.7 Å². The smallest absolute Gasteiger partial charge is 0.287 e. The third-order valence-corrected chi connectivity index (χ3v) is 6.79. The molecule has 0 spiro atoms. The van der Waals surface area contributed by atoms with Crippen LogP contribution in [0.15, 0.2) is 39.8 Å². The molecule has 0 aliphatic carbocycles. The summed E-state index contributed by atoms with van der Waals surface area (Å²) < 4.78 is 43.3. The van der Waals surface area contributed by atoms with Crippen LogP contribution in [0.25, 0.3) is 0 Å². The summed E-state index contributed by atoms with van der Waals surface area (Å²) in [4.78, 5) is 12.4. The minimum absolute atomic E-state index is 0.0164. The predicted octanol–water partition coefficient (Wildman–Crippen LogP) is 3.22. The molecular formula is C22H30N2O6S. The second-order valence-electron chi connectivity index (χ2n) is 7.24. The highest BCUT2D eigenvalue weighted by atomic mass is 32.2. The monoisotopic (exact) mass is 450 g/mol. The molecule has 0 bridgehead atoms. The van der Waals surface area contributed by atoms with Gasteiger partial charge in [0.15, 0.2) is 17.3 Å². The lowest BCUT2D eigenvalue weighted by atomic mass is 10.1. The highest BCUT2D eigenvalue weighted by Crippen LogP contribution is 2.28. The van der Waals surface area contributed by atoms with Crippen LogP contribution in [-0.4, -0.2) is 51.5 Å². The van der Waals surface area contributed by atoms with Crippen molar-refractivity contribution in [3.63, 3.8) is 0 Å². The minimum atomic E-state index is -3.70. The standard InChI is InChI=1S/C22H30N2O6S/c1-3-28-18-9-8-17(16-20(18)29-4-2)12-13-23-22(25)19-10-11-21(30-19)31(26,27)24-14-6-5-7-15-24/h8-11,16H,3-7,12-15H2,1-2H3,(H,23,25). The topological polar surface area (TPSA) is 98.1 Å². The fourth-order valence-corrected chi connectivity index (χ4v) is 4.90. The number of piperidine rings is 1. The molecule has 2 aromatic rings. The van der Waals surface area contributed by atoms with Gasteiger partial charge >= 0.3 is 0 Å². The Morgan fingerprint density at radius 3 is 2.45 bits per heavy atom. The summed E-state index contributed by atoms with van der Waals surface area (Å²) in [7, 11) is -3.70. The summed E-state index contributed by atoms with van der Waals surface area (Å²) in [6.07, 6.45) is 3.28. The molecule has 2 heterocycles. The molecule has 31 heavy (non-hydrogen) atoms. The highest BCUT2D eigenvalue weighted by Gasteiger charge is 2.29. The largest absolute Gasteiger partial charge is 0.490 e. The van der Waals surface area contributed by atoms with Crippen molar-refractivity contribution in [2.45, 2.75) is 44.6 Å². The number of ether oxygens (including phenoxy) is 2. The summed E-state index contributed by atoms with van der Waals surface area (Å²) in [6, 6.07) is 8.43. The van der Waals surface area contributed by atoms with Crippen LogP contribution in [0.3, 0.4) is 0 Å². The first kappa shape index (κ1) is 23.1. The lowest BCUT2D eigenvalue weighted by molar-refractivity contribution is 0.0921. The average molecular weight is 451 g/mol. The number of nitrogens with one attached hydrogen (secondary N) is 1. The first-order chi connectivity index (χ1) is 15.0. The normalized spacial score (nSPS) is 14.9. The summed E-state index contributed by atoms with van der Waals surface area (Å²) in [5.74, 6) is 0.898. The molecule has 170 valence electrons. The predicted molar refractivity (Wildman–Crippen MR) is 116 cm³/mol. The van der Waals surface area contributed by atoms with Gasteiger partial charge < -0.3 is 19.2 Å². The molecule has 1 fully saturated rings. The average Bonchev–Trinajstić information content (AvgIpc) is 3.28. The molecule has 0 unspecified atom stereocenters. The van der Waals surface area contributed by atoms with Gasteiger partial charge in [0.1, 0.15) is 0 Å². The van der Waals surface area contributed by atoms with E-state index in [1.54, 1.807) is 0 Å². The van der Waals surface area contributed by atoms with E-state index in [9.17, 15) is 13.2 Å². The molecule has 1 N–H and O–H groups in total. The molecule has 1 aliphatic rings. The zero-order chi connectivity index (χ0) is 22.3. The Morgan fingerprint density at radius 2 is 1.74 bits per heavy atom. The molecule has 1 aromatic heterocycles. The van der Waals surface area contributed by atoms with E-state index in [0.29, 0.717) is 50.8 Å². The van der Waals surface area contributed by atoms with Gasteiger partial charge in [0, 0.05) is 19.6 Å². The van der Waals surface area contributed by atoms with Gasteiger partial charge in [-0.25, -0.2) is 8.42 Å². The summed E-state index contributed by atoms with van der Waals surface area (Å²) >= 11 is 0. The molecular weight excluding hydrogens is 420 g/mol. The fraction of sp³-hybridized carbons (Fsp3) is 0.500. The Morgan fingerprint density at radius 1 is 1.03 bits per heavy atom. The zero-order valence-corrected chi connectivity index (χ0v) is 18.9. The van der Waals surface area contributed by atoms with Crippen molar-refractivity contribution in [2.75, 3.05) is 32.8 Å². The minimum Gasteiger partial charge on any atom is -0.490 e. The molecule has 1 saturated heterocycles. The number of rotatable bonds is 10. The maximum Gasteiger partial charge on any atom is 0.287 e. The van der Waals surface area contributed by atoms with E-state index in [1.165, 1.54) is 16.4 Å². The molecule has 8 nitrogen and oxygen atoms in total. The Kier molecular flexibility index (Phi) is 7.97. The fourth-order valence-electron chi connectivity index (χ4n) is 3.47. The molecule has 1 aliphatic heterocycles. The van der Waals surface area contributed by atoms with Gasteiger partial charge in [-0.05, 0) is 62.9 Å². The number of furan rings is 1. The van der Waals surface area contributed by atoms with Crippen molar-refractivity contribution < 1.29 is 27.1 Å². The van der Waals surface area contributed by atoms with Crippen molar-refractivity contribution in [1.82, 2.24) is 9.62 Å². The molecule has 3 rings (SSSR count). The Bertz CT molecular complexity index is 980. The van der Waals surface area contributed by atoms with Gasteiger partial charge in [-0.3, -0.25) is 4.79 Å². The van der Waals surface area contributed by atoms with E-state index >= 15 is 0 Å². The van der Waals surface area contributed by atoms with Gasteiger partial charge in [-0.15, -0.1) is 0 Å². The van der Waals surface area contributed by atoms with Crippen LogP contribution in [0.4, 0.5) is 0 Å². The van der Waals surface area contributed by atoms with E-state index in [2.05, 4.69) is 5.32 Å². The number of nitrogens with zero attached hydrogens (tertiary/aromatic N) is 1. The summed E-state index contributed by atoms with van der Waals surface area (Å²) in [6.45, 7) is 6.23. The van der Waals surface area contributed by atoms with E-state index < -0.39 is 15.9 Å². The molecule has 0 saturated carbocycles. The van der Waals surface area contributed by atoms with Crippen LogP contribution in [0.2, 0.25) is 0 Å². The number of hydrogen-bond donors (Lipinski definition) is 1. The zero-order valence-electron chi connectivity index (χ0n) is 18.1. The first-order valence-electron chi connectivity index (χ1n) is 10.7. The van der Waals surface area contributed by atoms with Crippen molar-refractivity contribution >= 4 is 15.9 Å². The van der Waals surface area contributed by atoms with Gasteiger partial charge in [0.25, 0.3) is 15.9 Å². The van der Waals surface area contributed by atoms with Gasteiger partial charge in [-0.1, -0.05) is 12.5 Å². The van der Waals surface area contributed by atoms with Crippen molar-refractivity contribution in [2.24, 2.45) is 0 Å². The Balaban J connectivity index is 1.57. The third-order valence-electron chi connectivity index (χ3n) is 5.02. The SMILES string of the molecule is CCOc1ccc(CCNC(=O)c2ccc(S(=O)(=O)N3CCCCC3)o2)cc1OCC. The van der Waals surface area contributed by atoms with Crippen molar-refractivity contribution in [1.29, 1.82) is 0 Å². The quantitative estimate of drug-likeness (QED) is 0.597. The van der Waals surface area contributed by atoms with Crippen LogP contribution in [-0.2, 0) is 16.4 Å². The third kappa shape index (κ3) is 5.80. The number of hydrogen-bond acceptors (Lipinski definition) is 6. The first-order valence-corrected chi connectivity index (χ1v) is 12.2. The molecule has 9 heteroatoms. The highest BCUT2D eigenvalue weighted by molar-refractivity contribution is 7.89. The van der Waals surface area contributed by atoms with Crippen molar-refractivity contribution in [3.8, 4) is 11.5 Å². The number of carbonyl (C=O) groups is 1.